The van der Waals surface area contributed by atoms with E-state index in [1.54, 1.807) is 11.3 Å². The number of nitrogens with two attached hydrogens (primary N) is 1. The van der Waals surface area contributed by atoms with Crippen molar-refractivity contribution in [2.24, 2.45) is 11.7 Å². The number of hydrogen-bond acceptors (Lipinski definition) is 4. The summed E-state index contributed by atoms with van der Waals surface area (Å²) in [5, 5.41) is 0. The molecule has 0 radical (unpaired) electrons. The quantitative estimate of drug-likeness (QED) is 0.929. The van der Waals surface area contributed by atoms with E-state index in [4.69, 9.17) is 5.73 Å². The Kier molecular flexibility index (Phi) is 3.92. The molecule has 3 rings (SSSR count). The van der Waals surface area contributed by atoms with Crippen molar-refractivity contribution in [3.8, 4) is 0 Å². The van der Waals surface area contributed by atoms with Crippen molar-refractivity contribution >= 4 is 11.3 Å². The Morgan fingerprint density at radius 1 is 1.26 bits per heavy atom. The predicted octanol–water partition coefficient (Wildman–Crippen LogP) is 2.32. The van der Waals surface area contributed by atoms with Gasteiger partial charge in [0.1, 0.15) is 0 Å². The van der Waals surface area contributed by atoms with Crippen LogP contribution in [0.5, 0.6) is 0 Å². The van der Waals surface area contributed by atoms with Gasteiger partial charge in [-0.25, -0.2) is 0 Å². The van der Waals surface area contributed by atoms with E-state index in [1.165, 1.54) is 10.4 Å². The topological polar surface area (TPSA) is 42.1 Å². The van der Waals surface area contributed by atoms with Crippen LogP contribution in [0.2, 0.25) is 0 Å². The van der Waals surface area contributed by atoms with Crippen molar-refractivity contribution in [2.45, 2.75) is 12.5 Å². The van der Waals surface area contributed by atoms with E-state index in [1.807, 2.05) is 11.7 Å². The van der Waals surface area contributed by atoms with Gasteiger partial charge in [0.15, 0.2) is 0 Å². The van der Waals surface area contributed by atoms with E-state index in [0.29, 0.717) is 11.8 Å². The first-order valence-corrected chi connectivity index (χ1v) is 7.59. The molecule has 1 saturated heterocycles. The maximum atomic E-state index is 5.96. The van der Waals surface area contributed by atoms with Crippen molar-refractivity contribution in [1.29, 1.82) is 0 Å². The molecular weight excluding hydrogens is 254 g/mol. The molecular formula is C15H19N3S. The van der Waals surface area contributed by atoms with Crippen molar-refractivity contribution in [3.63, 3.8) is 0 Å². The smallest absolute Gasteiger partial charge is 0.0794 e. The molecule has 1 aliphatic rings. The van der Waals surface area contributed by atoms with Crippen LogP contribution in [0.4, 0.5) is 0 Å². The second-order valence-corrected chi connectivity index (χ2v) is 6.15. The summed E-state index contributed by atoms with van der Waals surface area (Å²) in [7, 11) is 0. The molecule has 1 aliphatic heterocycles. The van der Waals surface area contributed by atoms with Gasteiger partial charge in [-0.05, 0) is 18.0 Å². The SMILES string of the molecule is NC[C@@H]1CN(Cc2cncs2)C[C@H]1c1ccccc1. The lowest BCUT2D eigenvalue weighted by molar-refractivity contribution is 0.319. The summed E-state index contributed by atoms with van der Waals surface area (Å²) in [5.74, 6) is 1.13. The average Bonchev–Trinajstić information content (AvgIpc) is 3.09. The third-order valence-corrected chi connectivity index (χ3v) is 4.67. The van der Waals surface area contributed by atoms with Gasteiger partial charge in [0, 0.05) is 36.6 Å². The van der Waals surface area contributed by atoms with Gasteiger partial charge in [0.2, 0.25) is 0 Å². The Balaban J connectivity index is 1.72. The first-order chi connectivity index (χ1) is 9.36. The zero-order chi connectivity index (χ0) is 13.1. The fourth-order valence-corrected chi connectivity index (χ4v) is 3.58. The molecule has 2 heterocycles. The molecule has 0 aliphatic carbocycles. The maximum Gasteiger partial charge on any atom is 0.0794 e. The number of thiazole rings is 1. The van der Waals surface area contributed by atoms with Crippen LogP contribution in [-0.4, -0.2) is 29.5 Å². The summed E-state index contributed by atoms with van der Waals surface area (Å²) in [4.78, 5) is 7.99. The Morgan fingerprint density at radius 2 is 2.11 bits per heavy atom. The first kappa shape index (κ1) is 12.8. The van der Waals surface area contributed by atoms with Crippen LogP contribution in [0, 0.1) is 5.92 Å². The molecule has 1 aromatic carbocycles. The molecule has 100 valence electrons. The van der Waals surface area contributed by atoms with Crippen LogP contribution in [0.3, 0.4) is 0 Å². The minimum Gasteiger partial charge on any atom is -0.330 e. The lowest BCUT2D eigenvalue weighted by Gasteiger charge is -2.16. The monoisotopic (exact) mass is 273 g/mol. The molecule has 2 aromatic rings. The van der Waals surface area contributed by atoms with E-state index in [0.717, 1.165) is 26.2 Å². The number of nitrogens with zero attached hydrogens (tertiary/aromatic N) is 2. The van der Waals surface area contributed by atoms with Gasteiger partial charge in [-0.15, -0.1) is 11.3 Å². The maximum absolute atomic E-state index is 5.96. The molecule has 2 atom stereocenters. The van der Waals surface area contributed by atoms with Crippen LogP contribution in [0.25, 0.3) is 0 Å². The third-order valence-electron chi connectivity index (χ3n) is 3.91. The van der Waals surface area contributed by atoms with Crippen LogP contribution in [0.1, 0.15) is 16.4 Å². The van der Waals surface area contributed by atoms with Crippen LogP contribution in [0.15, 0.2) is 42.0 Å². The van der Waals surface area contributed by atoms with Crippen molar-refractivity contribution in [3.05, 3.63) is 52.5 Å². The molecule has 0 unspecified atom stereocenters. The van der Waals surface area contributed by atoms with Gasteiger partial charge < -0.3 is 5.73 Å². The second-order valence-electron chi connectivity index (χ2n) is 5.17. The second kappa shape index (κ2) is 5.82. The first-order valence-electron chi connectivity index (χ1n) is 6.71. The Bertz CT molecular complexity index is 497. The zero-order valence-electron chi connectivity index (χ0n) is 10.9. The average molecular weight is 273 g/mol. The largest absolute Gasteiger partial charge is 0.330 e. The normalized spacial score (nSPS) is 23.8. The lowest BCUT2D eigenvalue weighted by atomic mass is 9.89. The Morgan fingerprint density at radius 3 is 2.79 bits per heavy atom. The zero-order valence-corrected chi connectivity index (χ0v) is 11.7. The number of benzene rings is 1. The van der Waals surface area contributed by atoms with Crippen molar-refractivity contribution in [2.75, 3.05) is 19.6 Å². The fourth-order valence-electron chi connectivity index (χ4n) is 2.95. The molecule has 0 saturated carbocycles. The highest BCUT2D eigenvalue weighted by Crippen LogP contribution is 2.32. The van der Waals surface area contributed by atoms with E-state index >= 15 is 0 Å². The van der Waals surface area contributed by atoms with Gasteiger partial charge >= 0.3 is 0 Å². The Hall–Kier alpha value is -1.23. The highest BCUT2D eigenvalue weighted by Gasteiger charge is 2.32. The number of aromatic nitrogens is 1. The molecule has 2 N–H and O–H groups in total. The van der Waals surface area contributed by atoms with Gasteiger partial charge in [-0.2, -0.15) is 0 Å². The van der Waals surface area contributed by atoms with E-state index in [9.17, 15) is 0 Å². The van der Waals surface area contributed by atoms with Crippen LogP contribution in [-0.2, 0) is 6.54 Å². The van der Waals surface area contributed by atoms with Gasteiger partial charge in [0.05, 0.1) is 5.51 Å². The lowest BCUT2D eigenvalue weighted by Crippen LogP contribution is -2.22. The third kappa shape index (κ3) is 2.86. The molecule has 0 spiro atoms. The number of rotatable bonds is 4. The molecule has 1 aromatic heterocycles. The van der Waals surface area contributed by atoms with Crippen molar-refractivity contribution in [1.82, 2.24) is 9.88 Å². The van der Waals surface area contributed by atoms with Crippen molar-refractivity contribution < 1.29 is 0 Å². The molecule has 4 heteroatoms. The van der Waals surface area contributed by atoms with Gasteiger partial charge in [0.25, 0.3) is 0 Å². The highest BCUT2D eigenvalue weighted by atomic mass is 32.1. The van der Waals surface area contributed by atoms with Crippen LogP contribution >= 0.6 is 11.3 Å². The standard InChI is InChI=1S/C15H19N3S/c16-6-13-8-18(9-14-7-17-11-19-14)10-15(13)12-4-2-1-3-5-12/h1-5,7,11,13,15H,6,8-10,16H2/t13-,15+/m1/s1. The van der Waals surface area contributed by atoms with Gasteiger partial charge in [-0.1, -0.05) is 30.3 Å². The summed E-state index contributed by atoms with van der Waals surface area (Å²) in [6, 6.07) is 10.8. The predicted molar refractivity (Wildman–Crippen MR) is 79.1 cm³/mol. The van der Waals surface area contributed by atoms with E-state index in [2.05, 4.69) is 40.2 Å². The van der Waals surface area contributed by atoms with Gasteiger partial charge in [-0.3, -0.25) is 9.88 Å². The summed E-state index contributed by atoms with van der Waals surface area (Å²) in [6.45, 7) is 3.96. The molecule has 0 amide bonds. The summed E-state index contributed by atoms with van der Waals surface area (Å²) in [5.41, 5.74) is 9.29. The number of hydrogen-bond donors (Lipinski definition) is 1. The minimum atomic E-state index is 0.565. The summed E-state index contributed by atoms with van der Waals surface area (Å²) >= 11 is 1.73. The van der Waals surface area contributed by atoms with E-state index in [-0.39, 0.29) is 0 Å². The molecule has 3 nitrogen and oxygen atoms in total. The van der Waals surface area contributed by atoms with E-state index < -0.39 is 0 Å². The molecule has 0 bridgehead atoms. The van der Waals surface area contributed by atoms with Crippen LogP contribution < -0.4 is 5.73 Å². The number of likely N-dealkylation sites (tertiary alicyclic amines) is 1. The molecule has 1 fully saturated rings. The summed E-state index contributed by atoms with van der Waals surface area (Å²) in [6.07, 6.45) is 1.97. The minimum absolute atomic E-state index is 0.565. The molecule has 19 heavy (non-hydrogen) atoms. The fraction of sp³-hybridized carbons (Fsp3) is 0.400. The Labute approximate surface area is 118 Å². The summed E-state index contributed by atoms with van der Waals surface area (Å²) < 4.78 is 0. The highest BCUT2D eigenvalue weighted by molar-refractivity contribution is 7.09.